The predicted octanol–water partition coefficient (Wildman–Crippen LogP) is 4.20. The maximum Gasteiger partial charge on any atom is 0.295 e. The Morgan fingerprint density at radius 3 is 2.50 bits per heavy atom. The number of non-ortho nitro benzene ring substituents is 1. The van der Waals surface area contributed by atoms with Crippen LogP contribution in [0.5, 0.6) is 0 Å². The van der Waals surface area contributed by atoms with Gasteiger partial charge in [0.1, 0.15) is 6.07 Å². The van der Waals surface area contributed by atoms with E-state index in [1.165, 1.54) is 6.07 Å². The van der Waals surface area contributed by atoms with E-state index in [9.17, 15) is 15.4 Å². The van der Waals surface area contributed by atoms with Crippen molar-refractivity contribution >= 4 is 38.9 Å². The van der Waals surface area contributed by atoms with E-state index in [2.05, 4.69) is 25.8 Å². The first kappa shape index (κ1) is 19.7. The third-order valence-electron chi connectivity index (χ3n) is 5.93. The van der Waals surface area contributed by atoms with Crippen molar-refractivity contribution < 1.29 is 4.92 Å². The van der Waals surface area contributed by atoms with Crippen molar-refractivity contribution in [3.8, 4) is 6.07 Å². The van der Waals surface area contributed by atoms with E-state index in [1.807, 2.05) is 43.3 Å². The van der Waals surface area contributed by atoms with Crippen molar-refractivity contribution in [3.63, 3.8) is 0 Å². The summed E-state index contributed by atoms with van der Waals surface area (Å²) in [5.41, 5.74) is 4.50. The summed E-state index contributed by atoms with van der Waals surface area (Å²) < 4.78 is 0. The van der Waals surface area contributed by atoms with E-state index in [-0.39, 0.29) is 10.6 Å². The monoisotopic (exact) mass is 424 g/mol. The van der Waals surface area contributed by atoms with Crippen LogP contribution in [0.4, 0.5) is 17.1 Å². The zero-order chi connectivity index (χ0) is 22.2. The molecule has 0 atom stereocenters. The fraction of sp³-hybridized carbons (Fsp3) is 0.208. The van der Waals surface area contributed by atoms with E-state index in [4.69, 9.17) is 0 Å². The number of pyridine rings is 2. The van der Waals surface area contributed by atoms with Gasteiger partial charge in [-0.15, -0.1) is 0 Å². The van der Waals surface area contributed by atoms with Crippen LogP contribution in [0.1, 0.15) is 11.3 Å². The van der Waals surface area contributed by atoms with E-state index in [0.717, 1.165) is 59.5 Å². The van der Waals surface area contributed by atoms with Crippen molar-refractivity contribution in [1.82, 2.24) is 9.97 Å². The Labute approximate surface area is 184 Å². The van der Waals surface area contributed by atoms with E-state index in [0.29, 0.717) is 11.1 Å². The zero-order valence-electron chi connectivity index (χ0n) is 17.5. The van der Waals surface area contributed by atoms with Crippen molar-refractivity contribution in [3.05, 3.63) is 76.1 Å². The lowest BCUT2D eigenvalue weighted by Gasteiger charge is -2.38. The van der Waals surface area contributed by atoms with Gasteiger partial charge in [-0.25, -0.2) is 4.98 Å². The minimum atomic E-state index is -0.380. The molecule has 8 heteroatoms. The number of anilines is 2. The molecule has 4 aromatic rings. The first-order valence-electron chi connectivity index (χ1n) is 10.4. The molecule has 0 unspecified atom stereocenters. The Morgan fingerprint density at radius 2 is 1.75 bits per heavy atom. The lowest BCUT2D eigenvalue weighted by atomic mass is 10.1. The highest BCUT2D eigenvalue weighted by Crippen LogP contribution is 2.34. The molecular weight excluding hydrogens is 404 g/mol. The fourth-order valence-electron chi connectivity index (χ4n) is 4.47. The molecule has 1 aliphatic heterocycles. The second-order valence-electron chi connectivity index (χ2n) is 7.84. The smallest absolute Gasteiger partial charge is 0.295 e. The van der Waals surface area contributed by atoms with Crippen molar-refractivity contribution in [2.45, 2.75) is 6.92 Å². The van der Waals surface area contributed by atoms with Gasteiger partial charge in [-0.1, -0.05) is 30.3 Å². The minimum Gasteiger partial charge on any atom is -0.367 e. The summed E-state index contributed by atoms with van der Waals surface area (Å²) in [4.78, 5) is 24.5. The molecule has 0 bridgehead atoms. The molecule has 1 aliphatic rings. The number of piperazine rings is 1. The average Bonchev–Trinajstić information content (AvgIpc) is 2.82. The normalized spacial score (nSPS) is 14.0. The number of para-hydroxylation sites is 2. The van der Waals surface area contributed by atoms with Gasteiger partial charge in [0.05, 0.1) is 21.7 Å². The number of nitro groups is 1. The second-order valence-corrected chi connectivity index (χ2v) is 7.84. The van der Waals surface area contributed by atoms with Gasteiger partial charge in [-0.2, -0.15) is 5.26 Å². The molecular formula is C24H20N6O2. The standard InChI is InChI=1S/C24H20N6O2/c1-16-13-22(19-6-4-8-21(30(31)32)23(19)27-16)28-9-11-29(12-10-28)24-17(14-25)15-26-20-7-3-2-5-18(20)24/h2-8,13,15H,9-12H2,1H3. The highest BCUT2D eigenvalue weighted by Gasteiger charge is 2.24. The summed E-state index contributed by atoms with van der Waals surface area (Å²) >= 11 is 0. The molecule has 158 valence electrons. The Balaban J connectivity index is 1.50. The van der Waals surface area contributed by atoms with Crippen molar-refractivity contribution in [2.75, 3.05) is 36.0 Å². The molecule has 32 heavy (non-hydrogen) atoms. The molecule has 0 N–H and O–H groups in total. The lowest BCUT2D eigenvalue weighted by Crippen LogP contribution is -2.47. The Bertz CT molecular complexity index is 1400. The Hall–Kier alpha value is -4.25. The van der Waals surface area contributed by atoms with Gasteiger partial charge in [0.2, 0.25) is 0 Å². The van der Waals surface area contributed by atoms with Crippen LogP contribution in [0.3, 0.4) is 0 Å². The summed E-state index contributed by atoms with van der Waals surface area (Å²) in [7, 11) is 0. The van der Waals surface area contributed by atoms with Crippen molar-refractivity contribution in [1.29, 1.82) is 5.26 Å². The van der Waals surface area contributed by atoms with E-state index >= 15 is 0 Å². The summed E-state index contributed by atoms with van der Waals surface area (Å²) in [5, 5.41) is 22.9. The van der Waals surface area contributed by atoms with Gasteiger partial charge in [0.25, 0.3) is 5.69 Å². The first-order chi connectivity index (χ1) is 15.6. The third kappa shape index (κ3) is 3.24. The first-order valence-corrected chi connectivity index (χ1v) is 10.4. The number of hydrogen-bond acceptors (Lipinski definition) is 7. The minimum absolute atomic E-state index is 0.0213. The van der Waals surface area contributed by atoms with Crippen LogP contribution >= 0.6 is 0 Å². The Kier molecular flexibility index (Phi) is 4.79. The summed E-state index contributed by atoms with van der Waals surface area (Å²) in [6.07, 6.45) is 1.64. The number of hydrogen-bond donors (Lipinski definition) is 0. The highest BCUT2D eigenvalue weighted by molar-refractivity contribution is 5.97. The third-order valence-corrected chi connectivity index (χ3v) is 5.93. The topological polar surface area (TPSA) is 99.2 Å². The zero-order valence-corrected chi connectivity index (χ0v) is 17.5. The van der Waals surface area contributed by atoms with Crippen LogP contribution in [-0.2, 0) is 0 Å². The molecule has 0 aliphatic carbocycles. The number of aromatic nitrogens is 2. The fourth-order valence-corrected chi connectivity index (χ4v) is 4.47. The van der Waals surface area contributed by atoms with Gasteiger partial charge in [-0.3, -0.25) is 15.1 Å². The molecule has 5 rings (SSSR count). The molecule has 0 radical (unpaired) electrons. The number of fused-ring (bicyclic) bond motifs is 2. The van der Waals surface area contributed by atoms with Crippen molar-refractivity contribution in [2.24, 2.45) is 0 Å². The summed E-state index contributed by atoms with van der Waals surface area (Å²) in [6, 6.07) is 17.2. The number of nitrogens with zero attached hydrogens (tertiary/aromatic N) is 6. The molecule has 2 aromatic carbocycles. The number of nitro benzene ring substituents is 1. The molecule has 8 nitrogen and oxygen atoms in total. The number of nitriles is 1. The maximum atomic E-state index is 11.5. The van der Waals surface area contributed by atoms with Crippen LogP contribution in [0, 0.1) is 28.4 Å². The molecule has 2 aromatic heterocycles. The van der Waals surface area contributed by atoms with Gasteiger partial charge < -0.3 is 9.80 Å². The largest absolute Gasteiger partial charge is 0.367 e. The second kappa shape index (κ2) is 7.78. The van der Waals surface area contributed by atoms with E-state index < -0.39 is 0 Å². The van der Waals surface area contributed by atoms with Crippen LogP contribution in [-0.4, -0.2) is 41.1 Å². The molecule has 1 saturated heterocycles. The van der Waals surface area contributed by atoms with Gasteiger partial charge >= 0.3 is 0 Å². The van der Waals surface area contributed by atoms with Gasteiger partial charge in [-0.05, 0) is 19.1 Å². The van der Waals surface area contributed by atoms with Gasteiger partial charge in [0.15, 0.2) is 5.52 Å². The molecule has 0 saturated carbocycles. The van der Waals surface area contributed by atoms with Crippen LogP contribution in [0.15, 0.2) is 54.7 Å². The number of rotatable bonds is 3. The summed E-state index contributed by atoms with van der Waals surface area (Å²) in [6.45, 7) is 4.75. The van der Waals surface area contributed by atoms with Crippen LogP contribution in [0.2, 0.25) is 0 Å². The van der Waals surface area contributed by atoms with Crippen LogP contribution in [0.25, 0.3) is 21.8 Å². The predicted molar refractivity (Wildman–Crippen MR) is 124 cm³/mol. The molecule has 0 amide bonds. The maximum absolute atomic E-state index is 11.5. The summed E-state index contributed by atoms with van der Waals surface area (Å²) in [5.74, 6) is 0. The number of benzene rings is 2. The van der Waals surface area contributed by atoms with E-state index in [1.54, 1.807) is 12.3 Å². The average molecular weight is 424 g/mol. The SMILES string of the molecule is Cc1cc(N2CCN(c3c(C#N)cnc4ccccc34)CC2)c2cccc([N+](=O)[O-])c2n1. The Morgan fingerprint density at radius 1 is 1.03 bits per heavy atom. The lowest BCUT2D eigenvalue weighted by molar-refractivity contribution is -0.383. The number of aryl methyl sites for hydroxylation is 1. The highest BCUT2D eigenvalue weighted by atomic mass is 16.6. The molecule has 1 fully saturated rings. The van der Waals surface area contributed by atoms with Gasteiger partial charge in [0, 0.05) is 60.6 Å². The molecule has 0 spiro atoms. The quantitative estimate of drug-likeness (QED) is 0.359. The van der Waals surface area contributed by atoms with Crippen LogP contribution < -0.4 is 9.80 Å². The molecule has 3 heterocycles.